The molecule has 5 heteroatoms. The van der Waals surface area contributed by atoms with Crippen LogP contribution >= 0.6 is 0 Å². The smallest absolute Gasteiger partial charge is 0.272 e. The van der Waals surface area contributed by atoms with Crippen LogP contribution in [0.2, 0.25) is 0 Å². The second-order valence-corrected chi connectivity index (χ2v) is 4.57. The molecule has 0 aliphatic rings. The van der Waals surface area contributed by atoms with Crippen LogP contribution in [-0.2, 0) is 11.3 Å². The van der Waals surface area contributed by atoms with Crippen LogP contribution in [0.15, 0.2) is 18.2 Å². The Morgan fingerprint density at radius 1 is 1.50 bits per heavy atom. The summed E-state index contributed by atoms with van der Waals surface area (Å²) < 4.78 is 5.04. The van der Waals surface area contributed by atoms with E-state index in [-0.39, 0.29) is 10.6 Å². The Balaban J connectivity index is 2.53. The van der Waals surface area contributed by atoms with Gasteiger partial charge in [-0.15, -0.1) is 0 Å². The predicted molar refractivity (Wildman–Crippen MR) is 70.6 cm³/mol. The minimum atomic E-state index is -0.341. The van der Waals surface area contributed by atoms with Crippen LogP contribution in [0.1, 0.15) is 18.1 Å². The van der Waals surface area contributed by atoms with Gasteiger partial charge >= 0.3 is 0 Å². The highest BCUT2D eigenvalue weighted by atomic mass is 16.6. The van der Waals surface area contributed by atoms with E-state index in [1.807, 2.05) is 6.07 Å². The lowest BCUT2D eigenvalue weighted by atomic mass is 10.1. The van der Waals surface area contributed by atoms with Gasteiger partial charge in [-0.3, -0.25) is 10.1 Å². The topological polar surface area (TPSA) is 64.4 Å². The average molecular weight is 252 g/mol. The average Bonchev–Trinajstić information content (AvgIpc) is 2.31. The van der Waals surface area contributed by atoms with Gasteiger partial charge in [0.2, 0.25) is 0 Å². The molecule has 0 bridgehead atoms. The van der Waals surface area contributed by atoms with E-state index in [0.29, 0.717) is 24.6 Å². The summed E-state index contributed by atoms with van der Waals surface area (Å²) in [7, 11) is 1.68. The zero-order chi connectivity index (χ0) is 13.5. The molecule has 1 aromatic rings. The SMILES string of the molecule is COCC(C)CNCc1ccc(C)c([N+](=O)[O-])c1. The number of hydrogen-bond donors (Lipinski definition) is 1. The van der Waals surface area contributed by atoms with Crippen molar-refractivity contribution in [1.82, 2.24) is 5.32 Å². The maximum Gasteiger partial charge on any atom is 0.272 e. The molecule has 0 radical (unpaired) electrons. The van der Waals surface area contributed by atoms with Crippen molar-refractivity contribution < 1.29 is 9.66 Å². The first kappa shape index (κ1) is 14.6. The van der Waals surface area contributed by atoms with Crippen molar-refractivity contribution in [3.05, 3.63) is 39.4 Å². The molecule has 1 atom stereocenters. The first-order valence-electron chi connectivity index (χ1n) is 5.98. The van der Waals surface area contributed by atoms with E-state index in [9.17, 15) is 10.1 Å². The molecule has 0 aliphatic heterocycles. The Morgan fingerprint density at radius 2 is 2.22 bits per heavy atom. The molecular formula is C13H20N2O3. The Labute approximate surface area is 107 Å². The van der Waals surface area contributed by atoms with E-state index in [1.54, 1.807) is 26.2 Å². The summed E-state index contributed by atoms with van der Waals surface area (Å²) in [5.74, 6) is 0.426. The minimum absolute atomic E-state index is 0.180. The fraction of sp³-hybridized carbons (Fsp3) is 0.538. The van der Waals surface area contributed by atoms with Crippen molar-refractivity contribution in [2.75, 3.05) is 20.3 Å². The number of nitro benzene ring substituents is 1. The second-order valence-electron chi connectivity index (χ2n) is 4.57. The third-order valence-electron chi connectivity index (χ3n) is 2.74. The fourth-order valence-electron chi connectivity index (χ4n) is 1.77. The molecule has 0 heterocycles. The Morgan fingerprint density at radius 3 is 2.83 bits per heavy atom. The molecule has 5 nitrogen and oxygen atoms in total. The summed E-state index contributed by atoms with van der Waals surface area (Å²) in [5.41, 5.74) is 1.80. The molecular weight excluding hydrogens is 232 g/mol. The van der Waals surface area contributed by atoms with Gasteiger partial charge in [0.1, 0.15) is 0 Å². The number of nitrogens with zero attached hydrogens (tertiary/aromatic N) is 1. The lowest BCUT2D eigenvalue weighted by Gasteiger charge is -2.11. The highest BCUT2D eigenvalue weighted by Gasteiger charge is 2.10. The molecule has 0 aliphatic carbocycles. The van der Waals surface area contributed by atoms with Crippen molar-refractivity contribution in [2.24, 2.45) is 5.92 Å². The maximum atomic E-state index is 10.8. The molecule has 100 valence electrons. The Bertz CT molecular complexity index is 407. The number of nitrogens with one attached hydrogen (secondary N) is 1. The third-order valence-corrected chi connectivity index (χ3v) is 2.74. The monoisotopic (exact) mass is 252 g/mol. The van der Waals surface area contributed by atoms with Crippen LogP contribution in [-0.4, -0.2) is 25.2 Å². The normalized spacial score (nSPS) is 12.4. The van der Waals surface area contributed by atoms with E-state index in [0.717, 1.165) is 12.1 Å². The van der Waals surface area contributed by atoms with E-state index in [2.05, 4.69) is 12.2 Å². The molecule has 0 fully saturated rings. The number of hydrogen-bond acceptors (Lipinski definition) is 4. The van der Waals surface area contributed by atoms with Gasteiger partial charge in [-0.2, -0.15) is 0 Å². The molecule has 1 rings (SSSR count). The number of aryl methyl sites for hydroxylation is 1. The van der Waals surface area contributed by atoms with Gasteiger partial charge in [-0.1, -0.05) is 19.1 Å². The lowest BCUT2D eigenvalue weighted by Crippen LogP contribution is -2.23. The summed E-state index contributed by atoms with van der Waals surface area (Å²) in [6.07, 6.45) is 0. The van der Waals surface area contributed by atoms with E-state index < -0.39 is 0 Å². The summed E-state index contributed by atoms with van der Waals surface area (Å²) >= 11 is 0. The third kappa shape index (κ3) is 4.43. The number of benzene rings is 1. The van der Waals surface area contributed by atoms with Gasteiger partial charge in [0, 0.05) is 38.4 Å². The molecule has 0 saturated heterocycles. The van der Waals surface area contributed by atoms with Crippen LogP contribution in [0.25, 0.3) is 0 Å². The Hall–Kier alpha value is -1.46. The van der Waals surface area contributed by atoms with Crippen molar-refractivity contribution in [2.45, 2.75) is 20.4 Å². The Kier molecular flexibility index (Phi) is 5.74. The first-order chi connectivity index (χ1) is 8.54. The number of methoxy groups -OCH3 is 1. The number of ether oxygens (including phenoxy) is 1. The molecule has 1 aromatic carbocycles. The number of rotatable bonds is 7. The van der Waals surface area contributed by atoms with Crippen molar-refractivity contribution in [3.8, 4) is 0 Å². The fourth-order valence-corrected chi connectivity index (χ4v) is 1.77. The van der Waals surface area contributed by atoms with Gasteiger partial charge in [0.15, 0.2) is 0 Å². The largest absolute Gasteiger partial charge is 0.384 e. The molecule has 1 N–H and O–H groups in total. The summed E-state index contributed by atoms with van der Waals surface area (Å²) in [6, 6.07) is 5.33. The number of nitro groups is 1. The molecule has 0 aromatic heterocycles. The lowest BCUT2D eigenvalue weighted by molar-refractivity contribution is -0.385. The predicted octanol–water partition coefficient (Wildman–Crippen LogP) is 2.28. The summed E-state index contributed by atoms with van der Waals surface area (Å²) in [4.78, 5) is 10.5. The van der Waals surface area contributed by atoms with E-state index >= 15 is 0 Å². The van der Waals surface area contributed by atoms with Crippen molar-refractivity contribution >= 4 is 5.69 Å². The van der Waals surface area contributed by atoms with Crippen LogP contribution in [0.3, 0.4) is 0 Å². The van der Waals surface area contributed by atoms with Crippen LogP contribution in [0.4, 0.5) is 5.69 Å². The minimum Gasteiger partial charge on any atom is -0.384 e. The van der Waals surface area contributed by atoms with E-state index in [1.165, 1.54) is 0 Å². The molecule has 0 saturated carbocycles. The van der Waals surface area contributed by atoms with Gasteiger partial charge in [0.05, 0.1) is 4.92 Å². The quantitative estimate of drug-likeness (QED) is 0.597. The molecule has 1 unspecified atom stereocenters. The van der Waals surface area contributed by atoms with Gasteiger partial charge in [-0.05, 0) is 18.4 Å². The highest BCUT2D eigenvalue weighted by molar-refractivity contribution is 5.42. The van der Waals surface area contributed by atoms with Crippen molar-refractivity contribution in [3.63, 3.8) is 0 Å². The van der Waals surface area contributed by atoms with E-state index in [4.69, 9.17) is 4.74 Å². The van der Waals surface area contributed by atoms with Gasteiger partial charge < -0.3 is 10.1 Å². The van der Waals surface area contributed by atoms with Crippen LogP contribution in [0, 0.1) is 23.0 Å². The van der Waals surface area contributed by atoms with Gasteiger partial charge in [0.25, 0.3) is 5.69 Å². The first-order valence-corrected chi connectivity index (χ1v) is 5.98. The van der Waals surface area contributed by atoms with Crippen LogP contribution < -0.4 is 5.32 Å². The summed E-state index contributed by atoms with van der Waals surface area (Å²) in [6.45, 7) is 6.01. The zero-order valence-electron chi connectivity index (χ0n) is 11.1. The standard InChI is InChI=1S/C13H20N2O3/c1-10(9-18-3)7-14-8-12-5-4-11(2)13(6-12)15(16)17/h4-6,10,14H,7-9H2,1-3H3. The maximum absolute atomic E-state index is 10.8. The molecule has 0 spiro atoms. The van der Waals surface area contributed by atoms with Crippen molar-refractivity contribution in [1.29, 1.82) is 0 Å². The molecule has 0 amide bonds. The van der Waals surface area contributed by atoms with Crippen LogP contribution in [0.5, 0.6) is 0 Å². The zero-order valence-corrected chi connectivity index (χ0v) is 11.1. The summed E-state index contributed by atoms with van der Waals surface area (Å²) in [5, 5.41) is 14.1. The highest BCUT2D eigenvalue weighted by Crippen LogP contribution is 2.19. The second kappa shape index (κ2) is 7.08. The molecule has 18 heavy (non-hydrogen) atoms. The van der Waals surface area contributed by atoms with Gasteiger partial charge in [-0.25, -0.2) is 0 Å².